The molecule has 1 aliphatic rings. The average molecular weight is 365 g/mol. The van der Waals surface area contributed by atoms with Crippen molar-refractivity contribution >= 4 is 27.6 Å². The Hall–Kier alpha value is -3.26. The third-order valence-corrected chi connectivity index (χ3v) is 5.28. The number of aromatic amines is 2. The van der Waals surface area contributed by atoms with Gasteiger partial charge in [0.05, 0.1) is 30.4 Å². The number of nitrogens with zero attached hydrogens (tertiary/aromatic N) is 2. The van der Waals surface area contributed by atoms with Crippen LogP contribution in [-0.4, -0.2) is 33.4 Å². The number of halogens is 1. The summed E-state index contributed by atoms with van der Waals surface area (Å²) in [6.07, 6.45) is 3.33. The van der Waals surface area contributed by atoms with Gasteiger partial charge in [-0.3, -0.25) is 14.9 Å². The molecule has 0 aliphatic carbocycles. The lowest BCUT2D eigenvalue weighted by atomic mass is 9.92. The molecule has 4 aromatic rings. The molecule has 0 spiro atoms. The summed E-state index contributed by atoms with van der Waals surface area (Å²) in [6.45, 7) is 3.24. The number of nitrogens with two attached hydrogens (primary N) is 1. The molecule has 3 aromatic heterocycles. The molecule has 0 radical (unpaired) electrons. The zero-order valence-corrected chi connectivity index (χ0v) is 14.5. The predicted octanol–water partition coefficient (Wildman–Crippen LogP) is 2.61. The highest BCUT2D eigenvalue weighted by Crippen LogP contribution is 2.37. The van der Waals surface area contributed by atoms with Gasteiger partial charge in [-0.1, -0.05) is 6.07 Å². The standard InChI is InChI=1S/C19H16FN5O2/c1-8-11(9-6-27-7-9)4-22-18-14(15(21)19(26)24-16(8)18)10-2-3-13(20)17-12(10)5-23-25-17/h2-5,9H,6-7,21H2,1H3,(H,23,25)(H,24,26). The second kappa shape index (κ2) is 5.62. The fraction of sp³-hybridized carbons (Fsp3) is 0.211. The van der Waals surface area contributed by atoms with E-state index in [1.165, 1.54) is 12.3 Å². The molecule has 7 nitrogen and oxygen atoms in total. The van der Waals surface area contributed by atoms with Gasteiger partial charge >= 0.3 is 0 Å². The molecule has 8 heteroatoms. The molecule has 1 saturated heterocycles. The second-order valence-electron chi connectivity index (χ2n) is 6.79. The molecule has 0 unspecified atom stereocenters. The summed E-state index contributed by atoms with van der Waals surface area (Å²) in [5, 5.41) is 7.12. The van der Waals surface area contributed by atoms with Crippen molar-refractivity contribution in [3.8, 4) is 11.1 Å². The van der Waals surface area contributed by atoms with E-state index in [1.807, 2.05) is 13.1 Å². The van der Waals surface area contributed by atoms with Gasteiger partial charge in [-0.15, -0.1) is 0 Å². The van der Waals surface area contributed by atoms with Crippen molar-refractivity contribution in [1.29, 1.82) is 0 Å². The Kier molecular flexibility index (Phi) is 3.32. The summed E-state index contributed by atoms with van der Waals surface area (Å²) in [6, 6.07) is 2.93. The normalized spacial score (nSPS) is 14.7. The fourth-order valence-corrected chi connectivity index (χ4v) is 3.70. The van der Waals surface area contributed by atoms with Crippen LogP contribution in [0, 0.1) is 12.7 Å². The number of aromatic nitrogens is 4. The maximum Gasteiger partial charge on any atom is 0.272 e. The third-order valence-electron chi connectivity index (χ3n) is 5.28. The first-order valence-electron chi connectivity index (χ1n) is 8.57. The van der Waals surface area contributed by atoms with Crippen LogP contribution in [0.25, 0.3) is 33.1 Å². The quantitative estimate of drug-likeness (QED) is 0.506. The van der Waals surface area contributed by atoms with E-state index in [1.54, 1.807) is 6.07 Å². The van der Waals surface area contributed by atoms with Crippen LogP contribution in [0.4, 0.5) is 10.1 Å². The summed E-state index contributed by atoms with van der Waals surface area (Å²) in [5.41, 5.74) is 10.3. The van der Waals surface area contributed by atoms with Gasteiger partial charge in [0, 0.05) is 23.1 Å². The highest BCUT2D eigenvalue weighted by Gasteiger charge is 2.25. The summed E-state index contributed by atoms with van der Waals surface area (Å²) in [4.78, 5) is 20.0. The van der Waals surface area contributed by atoms with E-state index in [4.69, 9.17) is 10.5 Å². The number of hydrogen-bond acceptors (Lipinski definition) is 5. The van der Waals surface area contributed by atoms with E-state index in [0.29, 0.717) is 40.8 Å². The van der Waals surface area contributed by atoms with Gasteiger partial charge in [0.2, 0.25) is 0 Å². The molecular formula is C19H16FN5O2. The number of hydrogen-bond donors (Lipinski definition) is 3. The van der Waals surface area contributed by atoms with Crippen LogP contribution in [0.5, 0.6) is 0 Å². The largest absolute Gasteiger partial charge is 0.394 e. The Morgan fingerprint density at radius 2 is 2.07 bits per heavy atom. The molecular weight excluding hydrogens is 349 g/mol. The Labute approximate surface area is 152 Å². The molecule has 5 rings (SSSR count). The van der Waals surface area contributed by atoms with Crippen LogP contribution in [0.2, 0.25) is 0 Å². The lowest BCUT2D eigenvalue weighted by molar-refractivity contribution is 0.00810. The van der Waals surface area contributed by atoms with Gasteiger partial charge in [-0.25, -0.2) is 4.39 Å². The van der Waals surface area contributed by atoms with Crippen molar-refractivity contribution in [1.82, 2.24) is 20.2 Å². The highest BCUT2D eigenvalue weighted by atomic mass is 19.1. The van der Waals surface area contributed by atoms with Crippen LogP contribution in [0.3, 0.4) is 0 Å². The number of nitrogens with one attached hydrogen (secondary N) is 2. The summed E-state index contributed by atoms with van der Waals surface area (Å²) < 4.78 is 19.3. The smallest absolute Gasteiger partial charge is 0.272 e. The zero-order chi connectivity index (χ0) is 18.7. The van der Waals surface area contributed by atoms with Crippen LogP contribution in [-0.2, 0) is 4.74 Å². The van der Waals surface area contributed by atoms with E-state index in [0.717, 1.165) is 11.1 Å². The number of pyridine rings is 2. The minimum absolute atomic E-state index is 0.0447. The Bertz CT molecular complexity index is 1270. The van der Waals surface area contributed by atoms with Crippen LogP contribution >= 0.6 is 0 Å². The minimum Gasteiger partial charge on any atom is -0.394 e. The van der Waals surface area contributed by atoms with Gasteiger partial charge in [-0.05, 0) is 29.7 Å². The Balaban J connectivity index is 1.87. The molecule has 1 aliphatic heterocycles. The van der Waals surface area contributed by atoms with Crippen molar-refractivity contribution < 1.29 is 9.13 Å². The molecule has 1 aromatic carbocycles. The van der Waals surface area contributed by atoms with E-state index in [-0.39, 0.29) is 17.1 Å². The number of rotatable bonds is 2. The van der Waals surface area contributed by atoms with Crippen molar-refractivity contribution in [2.45, 2.75) is 12.8 Å². The number of fused-ring (bicyclic) bond motifs is 2. The van der Waals surface area contributed by atoms with Gasteiger partial charge in [0.25, 0.3) is 5.56 Å². The maximum atomic E-state index is 14.1. The molecule has 0 amide bonds. The molecule has 0 atom stereocenters. The first-order chi connectivity index (χ1) is 13.1. The second-order valence-corrected chi connectivity index (χ2v) is 6.79. The van der Waals surface area contributed by atoms with E-state index >= 15 is 0 Å². The lowest BCUT2D eigenvalue weighted by Gasteiger charge is -2.28. The molecule has 0 bridgehead atoms. The van der Waals surface area contributed by atoms with Crippen molar-refractivity contribution in [3.05, 3.63) is 51.8 Å². The van der Waals surface area contributed by atoms with Crippen molar-refractivity contribution in [2.75, 3.05) is 18.9 Å². The van der Waals surface area contributed by atoms with Crippen molar-refractivity contribution in [3.63, 3.8) is 0 Å². The number of anilines is 1. The fourth-order valence-electron chi connectivity index (χ4n) is 3.70. The number of nitrogen functional groups attached to an aromatic ring is 1. The third kappa shape index (κ3) is 2.20. The predicted molar refractivity (Wildman–Crippen MR) is 100 cm³/mol. The Morgan fingerprint density at radius 1 is 1.26 bits per heavy atom. The van der Waals surface area contributed by atoms with Crippen LogP contribution in [0.15, 0.2) is 29.3 Å². The van der Waals surface area contributed by atoms with E-state index in [2.05, 4.69) is 20.2 Å². The molecule has 136 valence electrons. The van der Waals surface area contributed by atoms with Crippen molar-refractivity contribution in [2.24, 2.45) is 0 Å². The Morgan fingerprint density at radius 3 is 2.81 bits per heavy atom. The molecule has 27 heavy (non-hydrogen) atoms. The average Bonchev–Trinajstić information content (AvgIpc) is 3.10. The number of aryl methyl sites for hydroxylation is 1. The SMILES string of the molecule is Cc1c(C2COC2)cnc2c(-c3ccc(F)c4[nH]ncc34)c(N)c(=O)[nH]c12. The summed E-state index contributed by atoms with van der Waals surface area (Å²) in [5.74, 6) is -0.145. The van der Waals surface area contributed by atoms with Gasteiger partial charge < -0.3 is 15.5 Å². The maximum absolute atomic E-state index is 14.1. The summed E-state index contributed by atoms with van der Waals surface area (Å²) >= 11 is 0. The minimum atomic E-state index is -0.421. The van der Waals surface area contributed by atoms with Gasteiger partial charge in [-0.2, -0.15) is 5.10 Å². The number of benzene rings is 1. The van der Waals surface area contributed by atoms with Crippen LogP contribution < -0.4 is 11.3 Å². The monoisotopic (exact) mass is 365 g/mol. The zero-order valence-electron chi connectivity index (χ0n) is 14.5. The lowest BCUT2D eigenvalue weighted by Crippen LogP contribution is -2.26. The number of H-pyrrole nitrogens is 2. The van der Waals surface area contributed by atoms with Crippen LogP contribution in [0.1, 0.15) is 17.0 Å². The topological polar surface area (TPSA) is 110 Å². The van der Waals surface area contributed by atoms with Gasteiger partial charge in [0.1, 0.15) is 17.0 Å². The van der Waals surface area contributed by atoms with Gasteiger partial charge in [0.15, 0.2) is 0 Å². The first kappa shape index (κ1) is 16.0. The highest BCUT2D eigenvalue weighted by molar-refractivity contribution is 6.06. The van der Waals surface area contributed by atoms with E-state index in [9.17, 15) is 9.18 Å². The molecule has 4 heterocycles. The number of ether oxygens (including phenoxy) is 1. The first-order valence-corrected chi connectivity index (χ1v) is 8.57. The molecule has 0 saturated carbocycles. The van der Waals surface area contributed by atoms with E-state index < -0.39 is 11.4 Å². The molecule has 1 fully saturated rings. The summed E-state index contributed by atoms with van der Waals surface area (Å²) in [7, 11) is 0. The molecule has 4 N–H and O–H groups in total.